The summed E-state index contributed by atoms with van der Waals surface area (Å²) in [5.41, 5.74) is -0.300. The molecular formula is C10H20O3. The van der Waals surface area contributed by atoms with Crippen LogP contribution in [0.4, 0.5) is 0 Å². The van der Waals surface area contributed by atoms with E-state index in [0.29, 0.717) is 19.8 Å². The van der Waals surface area contributed by atoms with Crippen molar-refractivity contribution in [3.63, 3.8) is 0 Å². The van der Waals surface area contributed by atoms with E-state index >= 15 is 0 Å². The molecule has 0 unspecified atom stereocenters. The Labute approximate surface area is 80.4 Å². The minimum atomic E-state index is -0.300. The average molecular weight is 188 g/mol. The van der Waals surface area contributed by atoms with Gasteiger partial charge in [-0.3, -0.25) is 4.79 Å². The highest BCUT2D eigenvalue weighted by atomic mass is 16.5. The molecule has 0 aliphatic rings. The highest BCUT2D eigenvalue weighted by molar-refractivity contribution is 5.84. The molecule has 0 saturated heterocycles. The van der Waals surface area contributed by atoms with E-state index < -0.39 is 0 Å². The lowest BCUT2D eigenvalue weighted by molar-refractivity contribution is -0.131. The zero-order valence-electron chi connectivity index (χ0n) is 9.05. The number of hydrogen-bond acceptors (Lipinski definition) is 3. The number of Topliss-reactive ketones (excluding diaryl/α,β-unsaturated/α-hetero) is 1. The third-order valence-corrected chi connectivity index (χ3v) is 1.65. The van der Waals surface area contributed by atoms with Crippen LogP contribution in [0.25, 0.3) is 0 Å². The highest BCUT2D eigenvalue weighted by Crippen LogP contribution is 2.14. The number of hydrogen-bond donors (Lipinski definition) is 0. The van der Waals surface area contributed by atoms with Gasteiger partial charge >= 0.3 is 0 Å². The van der Waals surface area contributed by atoms with Crippen LogP contribution in [0.5, 0.6) is 0 Å². The molecule has 0 aromatic heterocycles. The molecule has 3 heteroatoms. The monoisotopic (exact) mass is 188 g/mol. The van der Waals surface area contributed by atoms with Crippen LogP contribution in [0.15, 0.2) is 0 Å². The van der Waals surface area contributed by atoms with Crippen LogP contribution >= 0.6 is 0 Å². The van der Waals surface area contributed by atoms with Crippen molar-refractivity contribution >= 4 is 5.78 Å². The molecule has 0 rings (SSSR count). The van der Waals surface area contributed by atoms with Crippen molar-refractivity contribution in [1.82, 2.24) is 0 Å². The van der Waals surface area contributed by atoms with Crippen molar-refractivity contribution in [2.24, 2.45) is 5.41 Å². The molecule has 0 radical (unpaired) electrons. The second kappa shape index (κ2) is 6.11. The molecule has 0 amide bonds. The van der Waals surface area contributed by atoms with Gasteiger partial charge in [0.15, 0.2) is 5.78 Å². The summed E-state index contributed by atoms with van der Waals surface area (Å²) in [7, 11) is 0. The Kier molecular flexibility index (Phi) is 5.91. The molecule has 0 bridgehead atoms. The Morgan fingerprint density at radius 3 is 2.15 bits per heavy atom. The van der Waals surface area contributed by atoms with Gasteiger partial charge in [0.2, 0.25) is 0 Å². The molecule has 0 heterocycles. The second-order valence-corrected chi connectivity index (χ2v) is 3.92. The quantitative estimate of drug-likeness (QED) is 0.595. The molecule has 0 aromatic rings. The van der Waals surface area contributed by atoms with E-state index in [4.69, 9.17) is 9.47 Å². The van der Waals surface area contributed by atoms with Crippen LogP contribution in [-0.4, -0.2) is 32.2 Å². The van der Waals surface area contributed by atoms with Crippen LogP contribution in [0, 0.1) is 5.41 Å². The maximum atomic E-state index is 11.3. The number of rotatable bonds is 6. The van der Waals surface area contributed by atoms with Crippen molar-refractivity contribution in [2.75, 3.05) is 26.4 Å². The lowest BCUT2D eigenvalue weighted by atomic mass is 9.91. The van der Waals surface area contributed by atoms with Gasteiger partial charge in [-0.05, 0) is 6.92 Å². The fraction of sp³-hybridized carbons (Fsp3) is 0.900. The Bertz CT molecular complexity index is 147. The summed E-state index contributed by atoms with van der Waals surface area (Å²) in [4.78, 5) is 11.3. The zero-order chi connectivity index (χ0) is 10.3. The first-order chi connectivity index (χ1) is 5.98. The number of carbonyl (C=O) groups is 1. The van der Waals surface area contributed by atoms with E-state index in [1.54, 1.807) is 0 Å². The average Bonchev–Trinajstić information content (AvgIpc) is 2.02. The number of ether oxygens (including phenoxy) is 2. The minimum Gasteiger partial charge on any atom is -0.379 e. The third-order valence-electron chi connectivity index (χ3n) is 1.65. The summed E-state index contributed by atoms with van der Waals surface area (Å²) in [5.74, 6) is 0.129. The van der Waals surface area contributed by atoms with Gasteiger partial charge < -0.3 is 9.47 Å². The van der Waals surface area contributed by atoms with E-state index in [1.165, 1.54) is 0 Å². The maximum absolute atomic E-state index is 11.3. The van der Waals surface area contributed by atoms with Gasteiger partial charge in [-0.1, -0.05) is 20.8 Å². The fourth-order valence-corrected chi connectivity index (χ4v) is 0.644. The summed E-state index contributed by atoms with van der Waals surface area (Å²) in [5, 5.41) is 0. The molecule has 13 heavy (non-hydrogen) atoms. The van der Waals surface area contributed by atoms with Crippen molar-refractivity contribution in [3.05, 3.63) is 0 Å². The predicted octanol–water partition coefficient (Wildman–Crippen LogP) is 1.65. The highest BCUT2D eigenvalue weighted by Gasteiger charge is 2.20. The molecule has 0 aromatic carbocycles. The molecule has 0 aliphatic heterocycles. The summed E-state index contributed by atoms with van der Waals surface area (Å²) in [6, 6.07) is 0. The van der Waals surface area contributed by atoms with Crippen LogP contribution < -0.4 is 0 Å². The summed E-state index contributed by atoms with van der Waals surface area (Å²) < 4.78 is 10.2. The van der Waals surface area contributed by atoms with Crippen molar-refractivity contribution in [2.45, 2.75) is 27.7 Å². The summed E-state index contributed by atoms with van der Waals surface area (Å²) >= 11 is 0. The van der Waals surface area contributed by atoms with Crippen LogP contribution in [0.1, 0.15) is 27.7 Å². The maximum Gasteiger partial charge on any atom is 0.163 e. The van der Waals surface area contributed by atoms with E-state index in [9.17, 15) is 4.79 Å². The van der Waals surface area contributed by atoms with Gasteiger partial charge in [-0.15, -0.1) is 0 Å². The Morgan fingerprint density at radius 2 is 1.69 bits per heavy atom. The standard InChI is InChI=1S/C10H20O3/c1-5-12-6-7-13-8-9(11)10(2,3)4/h5-8H2,1-4H3. The Hall–Kier alpha value is -0.410. The molecule has 0 saturated carbocycles. The molecule has 0 atom stereocenters. The van der Waals surface area contributed by atoms with E-state index in [2.05, 4.69) is 0 Å². The molecule has 3 nitrogen and oxygen atoms in total. The van der Waals surface area contributed by atoms with Crippen molar-refractivity contribution < 1.29 is 14.3 Å². The van der Waals surface area contributed by atoms with E-state index in [0.717, 1.165) is 0 Å². The zero-order valence-corrected chi connectivity index (χ0v) is 9.05. The van der Waals surface area contributed by atoms with E-state index in [-0.39, 0.29) is 17.8 Å². The second-order valence-electron chi connectivity index (χ2n) is 3.92. The molecule has 0 spiro atoms. The van der Waals surface area contributed by atoms with E-state index in [1.807, 2.05) is 27.7 Å². The molecule has 0 N–H and O–H groups in total. The van der Waals surface area contributed by atoms with Crippen molar-refractivity contribution in [3.8, 4) is 0 Å². The van der Waals surface area contributed by atoms with Gasteiger partial charge in [0.25, 0.3) is 0 Å². The van der Waals surface area contributed by atoms with Crippen LogP contribution in [0.3, 0.4) is 0 Å². The first-order valence-electron chi connectivity index (χ1n) is 4.67. The molecule has 0 aliphatic carbocycles. The number of ketones is 1. The minimum absolute atomic E-state index is 0.129. The summed E-state index contributed by atoms with van der Waals surface area (Å²) in [6.07, 6.45) is 0. The topological polar surface area (TPSA) is 35.5 Å². The van der Waals surface area contributed by atoms with Crippen LogP contribution in [-0.2, 0) is 14.3 Å². The largest absolute Gasteiger partial charge is 0.379 e. The fourth-order valence-electron chi connectivity index (χ4n) is 0.644. The van der Waals surface area contributed by atoms with Gasteiger partial charge in [-0.25, -0.2) is 0 Å². The summed E-state index contributed by atoms with van der Waals surface area (Å²) in [6.45, 7) is 9.54. The molecule has 0 fully saturated rings. The third kappa shape index (κ3) is 6.72. The molecular weight excluding hydrogens is 168 g/mol. The molecule has 78 valence electrons. The lowest BCUT2D eigenvalue weighted by Gasteiger charge is -2.16. The first kappa shape index (κ1) is 12.6. The van der Waals surface area contributed by atoms with Gasteiger partial charge in [0.1, 0.15) is 6.61 Å². The van der Waals surface area contributed by atoms with Gasteiger partial charge in [0, 0.05) is 12.0 Å². The number of carbonyl (C=O) groups excluding carboxylic acids is 1. The normalized spacial score (nSPS) is 11.7. The van der Waals surface area contributed by atoms with Crippen LogP contribution in [0.2, 0.25) is 0 Å². The van der Waals surface area contributed by atoms with Crippen molar-refractivity contribution in [1.29, 1.82) is 0 Å². The first-order valence-corrected chi connectivity index (χ1v) is 4.67. The Balaban J connectivity index is 3.38. The van der Waals surface area contributed by atoms with Gasteiger partial charge in [-0.2, -0.15) is 0 Å². The SMILES string of the molecule is CCOCCOCC(=O)C(C)(C)C. The Morgan fingerprint density at radius 1 is 1.15 bits per heavy atom. The lowest BCUT2D eigenvalue weighted by Crippen LogP contribution is -2.25. The smallest absolute Gasteiger partial charge is 0.163 e. The van der Waals surface area contributed by atoms with Gasteiger partial charge in [0.05, 0.1) is 13.2 Å². The predicted molar refractivity (Wildman–Crippen MR) is 51.8 cm³/mol.